The number of fused-ring (bicyclic) bond motifs is 1. The summed E-state index contributed by atoms with van der Waals surface area (Å²) in [6.07, 6.45) is 1.48. The summed E-state index contributed by atoms with van der Waals surface area (Å²) < 4.78 is 25.9. The van der Waals surface area contributed by atoms with Gasteiger partial charge in [0.2, 0.25) is 10.0 Å². The molecule has 0 radical (unpaired) electrons. The van der Waals surface area contributed by atoms with Crippen LogP contribution in [0.3, 0.4) is 0 Å². The molecule has 0 saturated heterocycles. The first-order valence-electron chi connectivity index (χ1n) is 8.91. The Morgan fingerprint density at radius 1 is 1.03 bits per heavy atom. The monoisotopic (exact) mass is 427 g/mol. The van der Waals surface area contributed by atoms with Crippen LogP contribution in [0, 0.1) is 0 Å². The zero-order valence-corrected chi connectivity index (χ0v) is 17.1. The molecule has 9 heteroatoms. The number of aromatic nitrogens is 3. The fourth-order valence-electron chi connectivity index (χ4n) is 2.87. The molecule has 0 spiro atoms. The van der Waals surface area contributed by atoms with Crippen molar-refractivity contribution in [3.05, 3.63) is 65.9 Å². The molecule has 0 aliphatic heterocycles. The predicted molar refractivity (Wildman–Crippen MR) is 117 cm³/mol. The molecule has 0 amide bonds. The number of nitrogens with zero attached hydrogens (tertiary/aromatic N) is 2. The van der Waals surface area contributed by atoms with E-state index in [1.807, 2.05) is 36.4 Å². The number of rotatable bonds is 6. The van der Waals surface area contributed by atoms with Gasteiger partial charge >= 0.3 is 0 Å². The number of sulfonamides is 1. The molecular formula is C20H18ClN5O2S. The molecule has 0 atom stereocenters. The number of H-pyrrole nitrogens is 1. The van der Waals surface area contributed by atoms with Gasteiger partial charge in [-0.15, -0.1) is 0 Å². The van der Waals surface area contributed by atoms with E-state index in [1.165, 1.54) is 6.33 Å². The van der Waals surface area contributed by atoms with E-state index in [0.717, 1.165) is 22.3 Å². The van der Waals surface area contributed by atoms with Crippen LogP contribution < -0.4 is 10.0 Å². The number of hydrogen-bond acceptors (Lipinski definition) is 5. The Balaban J connectivity index is 1.64. The van der Waals surface area contributed by atoms with Crippen LogP contribution in [0.1, 0.15) is 6.92 Å². The van der Waals surface area contributed by atoms with E-state index in [4.69, 9.17) is 11.6 Å². The minimum atomic E-state index is -3.30. The van der Waals surface area contributed by atoms with Crippen molar-refractivity contribution >= 4 is 49.9 Å². The summed E-state index contributed by atoms with van der Waals surface area (Å²) in [5, 5.41) is 4.73. The van der Waals surface area contributed by atoms with Crippen molar-refractivity contribution in [3.63, 3.8) is 0 Å². The maximum atomic E-state index is 11.7. The lowest BCUT2D eigenvalue weighted by atomic mass is 10.1. The average molecular weight is 428 g/mol. The van der Waals surface area contributed by atoms with Crippen LogP contribution >= 0.6 is 11.6 Å². The molecule has 4 aromatic rings. The van der Waals surface area contributed by atoms with Crippen molar-refractivity contribution in [1.29, 1.82) is 0 Å². The molecule has 0 saturated carbocycles. The molecule has 4 rings (SSSR count). The first-order valence-corrected chi connectivity index (χ1v) is 10.9. The largest absolute Gasteiger partial charge is 0.340 e. The Morgan fingerprint density at radius 3 is 2.55 bits per heavy atom. The van der Waals surface area contributed by atoms with Crippen LogP contribution in [0.4, 0.5) is 17.2 Å². The molecule has 0 bridgehead atoms. The predicted octanol–water partition coefficient (Wildman–Crippen LogP) is 4.78. The van der Waals surface area contributed by atoms with Gasteiger partial charge in [0.05, 0.1) is 11.1 Å². The van der Waals surface area contributed by atoms with Crippen LogP contribution in [-0.4, -0.2) is 29.1 Å². The van der Waals surface area contributed by atoms with Crippen molar-refractivity contribution in [1.82, 2.24) is 15.0 Å². The summed E-state index contributed by atoms with van der Waals surface area (Å²) in [5.41, 5.74) is 3.79. The average Bonchev–Trinajstić information content (AvgIpc) is 3.14. The minimum absolute atomic E-state index is 0.0256. The van der Waals surface area contributed by atoms with Crippen LogP contribution in [-0.2, 0) is 10.0 Å². The lowest BCUT2D eigenvalue weighted by molar-refractivity contribution is 0.602. The normalized spacial score (nSPS) is 11.5. The molecule has 2 aromatic carbocycles. The SMILES string of the molecule is CCS(=O)(=O)Nc1ccc(-c2cc3c(Nc4cccc(Cl)c4)ncnc3[nH]2)cc1. The molecule has 0 aliphatic carbocycles. The van der Waals surface area contributed by atoms with Crippen molar-refractivity contribution < 1.29 is 8.42 Å². The molecular weight excluding hydrogens is 410 g/mol. The van der Waals surface area contributed by atoms with E-state index in [1.54, 1.807) is 25.1 Å². The van der Waals surface area contributed by atoms with Crippen LogP contribution in [0.25, 0.3) is 22.3 Å². The van der Waals surface area contributed by atoms with Crippen LogP contribution in [0.2, 0.25) is 5.02 Å². The summed E-state index contributed by atoms with van der Waals surface area (Å²) in [5.74, 6) is 0.685. The number of anilines is 3. The minimum Gasteiger partial charge on any atom is -0.340 e. The van der Waals surface area contributed by atoms with Gasteiger partial charge in [0.25, 0.3) is 0 Å². The smallest absolute Gasteiger partial charge is 0.232 e. The highest BCUT2D eigenvalue weighted by molar-refractivity contribution is 7.92. The summed E-state index contributed by atoms with van der Waals surface area (Å²) in [7, 11) is -3.30. The summed E-state index contributed by atoms with van der Waals surface area (Å²) >= 11 is 6.05. The molecule has 0 fully saturated rings. The van der Waals surface area contributed by atoms with Gasteiger partial charge in [-0.05, 0) is 48.9 Å². The zero-order chi connectivity index (χ0) is 20.4. The maximum absolute atomic E-state index is 11.7. The number of aromatic amines is 1. The van der Waals surface area contributed by atoms with E-state index in [9.17, 15) is 8.42 Å². The van der Waals surface area contributed by atoms with E-state index in [0.29, 0.717) is 22.2 Å². The number of hydrogen-bond donors (Lipinski definition) is 3. The third-order valence-corrected chi connectivity index (χ3v) is 5.90. The molecule has 29 heavy (non-hydrogen) atoms. The standard InChI is InChI=1S/C20H18ClN5O2S/c1-2-29(27,28)26-15-8-6-13(7-9-15)18-11-17-19(22-12-23-20(17)25-18)24-16-5-3-4-14(21)10-16/h3-12,26H,2H2,1H3,(H2,22,23,24,25). The van der Waals surface area contributed by atoms with E-state index >= 15 is 0 Å². The van der Waals surface area contributed by atoms with Gasteiger partial charge in [0.15, 0.2) is 0 Å². The molecule has 2 aromatic heterocycles. The number of benzene rings is 2. The Bertz CT molecular complexity index is 1270. The maximum Gasteiger partial charge on any atom is 0.232 e. The van der Waals surface area contributed by atoms with Crippen LogP contribution in [0.15, 0.2) is 60.9 Å². The Hall–Kier alpha value is -3.10. The molecule has 3 N–H and O–H groups in total. The molecule has 0 aliphatic rings. The Morgan fingerprint density at radius 2 is 1.83 bits per heavy atom. The summed E-state index contributed by atoms with van der Waals surface area (Å²) in [4.78, 5) is 11.9. The van der Waals surface area contributed by atoms with Crippen molar-refractivity contribution in [2.24, 2.45) is 0 Å². The second-order valence-corrected chi connectivity index (χ2v) is 8.83. The highest BCUT2D eigenvalue weighted by Gasteiger charge is 2.11. The van der Waals surface area contributed by atoms with E-state index in [2.05, 4.69) is 25.0 Å². The fraction of sp³-hybridized carbons (Fsp3) is 0.100. The third-order valence-electron chi connectivity index (χ3n) is 4.36. The van der Waals surface area contributed by atoms with Gasteiger partial charge in [0.1, 0.15) is 17.8 Å². The topological polar surface area (TPSA) is 99.8 Å². The zero-order valence-electron chi connectivity index (χ0n) is 15.5. The first-order chi connectivity index (χ1) is 13.9. The van der Waals surface area contributed by atoms with E-state index in [-0.39, 0.29) is 5.75 Å². The number of halogens is 1. The molecule has 0 unspecified atom stereocenters. The third kappa shape index (κ3) is 4.33. The fourth-order valence-corrected chi connectivity index (χ4v) is 3.70. The second kappa shape index (κ2) is 7.73. The lowest BCUT2D eigenvalue weighted by Crippen LogP contribution is -2.14. The Kier molecular flexibility index (Phi) is 5.12. The van der Waals surface area contributed by atoms with Gasteiger partial charge in [-0.1, -0.05) is 29.8 Å². The lowest BCUT2D eigenvalue weighted by Gasteiger charge is -2.06. The molecule has 2 heterocycles. The van der Waals surface area contributed by atoms with Crippen molar-refractivity contribution in [3.8, 4) is 11.3 Å². The highest BCUT2D eigenvalue weighted by Crippen LogP contribution is 2.29. The summed E-state index contributed by atoms with van der Waals surface area (Å²) in [6.45, 7) is 1.59. The van der Waals surface area contributed by atoms with Gasteiger partial charge in [-0.25, -0.2) is 18.4 Å². The first kappa shape index (κ1) is 19.2. The van der Waals surface area contributed by atoms with Crippen LogP contribution in [0.5, 0.6) is 0 Å². The second-order valence-electron chi connectivity index (χ2n) is 6.39. The quantitative estimate of drug-likeness (QED) is 0.411. The van der Waals surface area contributed by atoms with Gasteiger partial charge in [-0.2, -0.15) is 0 Å². The highest BCUT2D eigenvalue weighted by atomic mass is 35.5. The Labute approximate surface area is 173 Å². The summed E-state index contributed by atoms with van der Waals surface area (Å²) in [6, 6.07) is 16.5. The molecule has 148 valence electrons. The van der Waals surface area contributed by atoms with Gasteiger partial charge in [0, 0.05) is 22.1 Å². The van der Waals surface area contributed by atoms with E-state index < -0.39 is 10.0 Å². The van der Waals surface area contributed by atoms with Crippen molar-refractivity contribution in [2.75, 3.05) is 15.8 Å². The van der Waals surface area contributed by atoms with Crippen molar-refractivity contribution in [2.45, 2.75) is 6.92 Å². The van der Waals surface area contributed by atoms with Gasteiger partial charge < -0.3 is 10.3 Å². The van der Waals surface area contributed by atoms with Gasteiger partial charge in [-0.3, -0.25) is 4.72 Å². The number of nitrogens with one attached hydrogen (secondary N) is 3. The molecule has 7 nitrogen and oxygen atoms in total.